The Morgan fingerprint density at radius 2 is 1.93 bits per heavy atom. The molecule has 0 bridgehead atoms. The Morgan fingerprint density at radius 1 is 1.11 bits per heavy atom. The maximum atomic E-state index is 12.9. The Kier molecular flexibility index (Phi) is 4.86. The molecule has 2 aliphatic rings. The number of anilines is 3. The summed E-state index contributed by atoms with van der Waals surface area (Å²) in [6.45, 7) is 3.57. The maximum Gasteiger partial charge on any atom is 0.416 e. The molecule has 0 aliphatic carbocycles. The van der Waals surface area contributed by atoms with Crippen molar-refractivity contribution in [3.05, 3.63) is 35.7 Å². The number of rotatable bonds is 4. The minimum absolute atomic E-state index is 0.117. The summed E-state index contributed by atoms with van der Waals surface area (Å²) in [7, 11) is 0. The first-order valence-electron chi connectivity index (χ1n) is 9.14. The smallest absolute Gasteiger partial charge is 0.341 e. The van der Waals surface area contributed by atoms with Crippen LogP contribution in [0.4, 0.5) is 30.8 Å². The average Bonchev–Trinajstić information content (AvgIpc) is 3.35. The molecule has 4 rings (SSSR count). The highest BCUT2D eigenvalue weighted by Gasteiger charge is 2.31. The summed E-state index contributed by atoms with van der Waals surface area (Å²) in [4.78, 5) is 15.4. The van der Waals surface area contributed by atoms with Gasteiger partial charge in [0.2, 0.25) is 5.95 Å². The van der Waals surface area contributed by atoms with Crippen molar-refractivity contribution in [3.8, 4) is 0 Å². The van der Waals surface area contributed by atoms with Crippen molar-refractivity contribution < 1.29 is 13.2 Å². The van der Waals surface area contributed by atoms with E-state index in [4.69, 9.17) is 4.98 Å². The second-order valence-electron chi connectivity index (χ2n) is 6.91. The first-order valence-corrected chi connectivity index (χ1v) is 9.14. The molecule has 1 unspecified atom stereocenters. The zero-order valence-corrected chi connectivity index (χ0v) is 14.8. The van der Waals surface area contributed by atoms with Gasteiger partial charge in [0.1, 0.15) is 11.6 Å². The van der Waals surface area contributed by atoms with Gasteiger partial charge in [-0.25, -0.2) is 9.97 Å². The van der Waals surface area contributed by atoms with Gasteiger partial charge in [0.05, 0.1) is 11.3 Å². The van der Waals surface area contributed by atoms with Gasteiger partial charge in [0.15, 0.2) is 0 Å². The van der Waals surface area contributed by atoms with E-state index in [1.54, 1.807) is 0 Å². The van der Waals surface area contributed by atoms with Crippen LogP contribution in [0.3, 0.4) is 0 Å². The van der Waals surface area contributed by atoms with Crippen LogP contribution in [0.15, 0.2) is 24.4 Å². The summed E-state index contributed by atoms with van der Waals surface area (Å²) in [5, 5.41) is 6.26. The lowest BCUT2D eigenvalue weighted by Crippen LogP contribution is -2.22. The Bertz CT molecular complexity index is 764. The van der Waals surface area contributed by atoms with Crippen LogP contribution in [0.5, 0.6) is 0 Å². The van der Waals surface area contributed by atoms with E-state index in [1.165, 1.54) is 0 Å². The molecule has 0 radical (unpaired) electrons. The number of hydrogen-bond acceptors (Lipinski definition) is 6. The quantitative estimate of drug-likeness (QED) is 0.851. The molecule has 1 atom stereocenters. The molecule has 0 aromatic carbocycles. The van der Waals surface area contributed by atoms with E-state index in [0.717, 1.165) is 69.5 Å². The summed E-state index contributed by atoms with van der Waals surface area (Å²) in [6, 6.07) is 3.77. The fraction of sp³-hybridized carbons (Fsp3) is 0.500. The van der Waals surface area contributed by atoms with Crippen LogP contribution < -0.4 is 15.5 Å². The summed E-state index contributed by atoms with van der Waals surface area (Å²) >= 11 is 0. The third kappa shape index (κ3) is 4.13. The van der Waals surface area contributed by atoms with Crippen molar-refractivity contribution in [2.24, 2.45) is 0 Å². The van der Waals surface area contributed by atoms with Gasteiger partial charge in [-0.05, 0) is 37.9 Å². The van der Waals surface area contributed by atoms with Crippen LogP contribution >= 0.6 is 0 Å². The van der Waals surface area contributed by atoms with Crippen molar-refractivity contribution in [3.63, 3.8) is 0 Å². The van der Waals surface area contributed by atoms with Crippen molar-refractivity contribution in [2.45, 2.75) is 31.4 Å². The Hall–Kier alpha value is -2.42. The summed E-state index contributed by atoms with van der Waals surface area (Å²) in [5.41, 5.74) is 0.167. The van der Waals surface area contributed by atoms with Gasteiger partial charge in [-0.1, -0.05) is 0 Å². The molecule has 0 spiro atoms. The van der Waals surface area contributed by atoms with E-state index in [9.17, 15) is 13.2 Å². The van der Waals surface area contributed by atoms with E-state index >= 15 is 0 Å². The van der Waals surface area contributed by atoms with Gasteiger partial charge in [0, 0.05) is 37.8 Å². The Labute approximate surface area is 155 Å². The standard InChI is InChI=1S/C18H21F3N6/c19-18(20,21)13-4-6-23-15(9-13)25-16-10-14(12-3-5-22-11-12)24-17(26-16)27-7-1-2-8-27/h4,6,9-10,12,22H,1-3,5,7-8,11H2,(H,23,24,25,26). The molecule has 0 amide bonds. The molecule has 2 saturated heterocycles. The van der Waals surface area contributed by atoms with Crippen molar-refractivity contribution in [1.82, 2.24) is 20.3 Å². The highest BCUT2D eigenvalue weighted by molar-refractivity contribution is 5.55. The summed E-state index contributed by atoms with van der Waals surface area (Å²) in [5.74, 6) is 1.50. The van der Waals surface area contributed by atoms with Crippen LogP contribution in [0.25, 0.3) is 0 Å². The zero-order valence-electron chi connectivity index (χ0n) is 14.8. The third-order valence-electron chi connectivity index (χ3n) is 4.95. The number of halogens is 3. The van der Waals surface area contributed by atoms with E-state index in [-0.39, 0.29) is 11.7 Å². The highest BCUT2D eigenvalue weighted by Crippen LogP contribution is 2.31. The Morgan fingerprint density at radius 3 is 2.63 bits per heavy atom. The molecule has 144 valence electrons. The molecule has 9 heteroatoms. The minimum atomic E-state index is -4.41. The van der Waals surface area contributed by atoms with E-state index in [1.807, 2.05) is 6.07 Å². The van der Waals surface area contributed by atoms with Gasteiger partial charge in [-0.2, -0.15) is 18.2 Å². The lowest BCUT2D eigenvalue weighted by molar-refractivity contribution is -0.137. The molecule has 27 heavy (non-hydrogen) atoms. The van der Waals surface area contributed by atoms with Gasteiger partial charge >= 0.3 is 6.18 Å². The van der Waals surface area contributed by atoms with Crippen LogP contribution in [-0.2, 0) is 6.18 Å². The molecular formula is C18H21F3N6. The molecule has 2 N–H and O–H groups in total. The predicted molar refractivity (Wildman–Crippen MR) is 96.2 cm³/mol. The summed E-state index contributed by atoms with van der Waals surface area (Å²) in [6.07, 6.45) is -0.0906. The number of hydrogen-bond donors (Lipinski definition) is 2. The number of nitrogens with zero attached hydrogens (tertiary/aromatic N) is 4. The topological polar surface area (TPSA) is 66.0 Å². The predicted octanol–water partition coefficient (Wildman–Crippen LogP) is 3.31. The normalized spacial score (nSPS) is 20.3. The third-order valence-corrected chi connectivity index (χ3v) is 4.95. The number of alkyl halides is 3. The first-order chi connectivity index (χ1) is 13.0. The molecule has 4 heterocycles. The van der Waals surface area contributed by atoms with Crippen molar-refractivity contribution >= 4 is 17.6 Å². The van der Waals surface area contributed by atoms with E-state index in [2.05, 4.69) is 25.5 Å². The largest absolute Gasteiger partial charge is 0.416 e. The van der Waals surface area contributed by atoms with Crippen LogP contribution in [-0.4, -0.2) is 41.1 Å². The van der Waals surface area contributed by atoms with E-state index in [0.29, 0.717) is 11.8 Å². The lowest BCUT2D eigenvalue weighted by Gasteiger charge is -2.19. The van der Waals surface area contributed by atoms with Gasteiger partial charge in [-0.3, -0.25) is 0 Å². The van der Waals surface area contributed by atoms with Crippen molar-refractivity contribution in [2.75, 3.05) is 36.4 Å². The molecule has 0 saturated carbocycles. The molecule has 2 aliphatic heterocycles. The summed E-state index contributed by atoms with van der Waals surface area (Å²) < 4.78 is 38.8. The molecule has 2 aromatic rings. The van der Waals surface area contributed by atoms with Gasteiger partial charge in [0.25, 0.3) is 0 Å². The molecular weight excluding hydrogens is 357 g/mol. The fourth-order valence-electron chi connectivity index (χ4n) is 3.50. The monoisotopic (exact) mass is 378 g/mol. The second kappa shape index (κ2) is 7.30. The first kappa shape index (κ1) is 18.0. The van der Waals surface area contributed by atoms with E-state index < -0.39 is 11.7 Å². The van der Waals surface area contributed by atoms with Crippen molar-refractivity contribution in [1.29, 1.82) is 0 Å². The lowest BCUT2D eigenvalue weighted by atomic mass is 10.0. The number of aromatic nitrogens is 3. The van der Waals surface area contributed by atoms with Crippen LogP contribution in [0.1, 0.15) is 36.4 Å². The highest BCUT2D eigenvalue weighted by atomic mass is 19.4. The zero-order chi connectivity index (χ0) is 18.9. The fourth-order valence-corrected chi connectivity index (χ4v) is 3.50. The van der Waals surface area contributed by atoms with Crippen LogP contribution in [0.2, 0.25) is 0 Å². The molecule has 2 fully saturated rings. The molecule has 6 nitrogen and oxygen atoms in total. The minimum Gasteiger partial charge on any atom is -0.341 e. The molecule has 2 aromatic heterocycles. The van der Waals surface area contributed by atoms with Gasteiger partial charge in [-0.15, -0.1) is 0 Å². The number of pyridine rings is 1. The SMILES string of the molecule is FC(F)(F)c1ccnc(Nc2cc(C3CCNC3)nc(N3CCCC3)n2)c1. The Balaban J connectivity index is 1.65. The van der Waals surface area contributed by atoms with Crippen LogP contribution in [0, 0.1) is 0 Å². The second-order valence-corrected chi connectivity index (χ2v) is 6.91. The number of nitrogens with one attached hydrogen (secondary N) is 2. The average molecular weight is 378 g/mol. The maximum absolute atomic E-state index is 12.9. The van der Waals surface area contributed by atoms with Gasteiger partial charge < -0.3 is 15.5 Å².